The summed E-state index contributed by atoms with van der Waals surface area (Å²) in [7, 11) is 0. The third-order valence-electron chi connectivity index (χ3n) is 3.74. The van der Waals surface area contributed by atoms with Gasteiger partial charge in [-0.25, -0.2) is 14.6 Å². The van der Waals surface area contributed by atoms with Gasteiger partial charge in [-0.15, -0.1) is 0 Å². The maximum atomic E-state index is 12.1. The number of hydrogen-bond donors (Lipinski definition) is 2. The van der Waals surface area contributed by atoms with Crippen molar-refractivity contribution >= 4 is 23.6 Å². The van der Waals surface area contributed by atoms with Gasteiger partial charge in [-0.05, 0) is 18.2 Å². The van der Waals surface area contributed by atoms with E-state index >= 15 is 0 Å². The lowest BCUT2D eigenvalue weighted by Crippen LogP contribution is -2.37. The lowest BCUT2D eigenvalue weighted by Gasteiger charge is -2.19. The predicted octanol–water partition coefficient (Wildman–Crippen LogP) is 2.30. The van der Waals surface area contributed by atoms with E-state index in [9.17, 15) is 27.6 Å². The highest BCUT2D eigenvalue weighted by Gasteiger charge is 2.28. The molecule has 1 aliphatic heterocycles. The van der Waals surface area contributed by atoms with Gasteiger partial charge < -0.3 is 24.3 Å². The zero-order valence-corrected chi connectivity index (χ0v) is 16.2. The average molecular weight is 455 g/mol. The van der Waals surface area contributed by atoms with E-state index in [-0.39, 0.29) is 11.4 Å². The first-order valence-electron chi connectivity index (χ1n) is 9.03. The van der Waals surface area contributed by atoms with Crippen LogP contribution in [0.5, 0.6) is 17.4 Å². The highest BCUT2D eigenvalue weighted by atomic mass is 19.4. The van der Waals surface area contributed by atoms with E-state index in [0.717, 1.165) is 18.3 Å². The number of alkyl halides is 3. The highest BCUT2D eigenvalue weighted by molar-refractivity contribution is 6.02. The molecule has 10 nitrogen and oxygen atoms in total. The Labute approximate surface area is 178 Å². The maximum Gasteiger partial charge on any atom is 0.422 e. The Hall–Kier alpha value is -4.03. The van der Waals surface area contributed by atoms with Crippen molar-refractivity contribution in [3.63, 3.8) is 0 Å². The molecule has 0 spiro atoms. The molecule has 0 atom stereocenters. The second-order valence-corrected chi connectivity index (χ2v) is 6.23. The van der Waals surface area contributed by atoms with Crippen molar-refractivity contribution in [1.82, 2.24) is 10.3 Å². The number of carbonyl (C=O) groups excluding carboxylic acids is 3. The smallest absolute Gasteiger partial charge is 0.422 e. The van der Waals surface area contributed by atoms with Gasteiger partial charge in [0.15, 0.2) is 24.7 Å². The SMILES string of the molecule is O=C(COC(=O)c1ccc(OCC(F)(F)F)nc1)NC(=O)Nc1ccc2c(c1)OCCO2. The molecule has 170 valence electrons. The van der Waals surface area contributed by atoms with Crippen molar-refractivity contribution in [3.05, 3.63) is 42.1 Å². The highest BCUT2D eigenvalue weighted by Crippen LogP contribution is 2.32. The summed E-state index contributed by atoms with van der Waals surface area (Å²) >= 11 is 0. The van der Waals surface area contributed by atoms with Gasteiger partial charge in [0.1, 0.15) is 13.2 Å². The molecule has 0 radical (unpaired) electrons. The number of halogens is 3. The topological polar surface area (TPSA) is 125 Å². The van der Waals surface area contributed by atoms with Crippen LogP contribution in [0.3, 0.4) is 0 Å². The van der Waals surface area contributed by atoms with Crippen molar-refractivity contribution in [3.8, 4) is 17.4 Å². The molecule has 2 N–H and O–H groups in total. The van der Waals surface area contributed by atoms with E-state index in [0.29, 0.717) is 30.4 Å². The van der Waals surface area contributed by atoms with Crippen LogP contribution in [0.25, 0.3) is 0 Å². The van der Waals surface area contributed by atoms with Crippen molar-refractivity contribution in [2.45, 2.75) is 6.18 Å². The number of amides is 3. The summed E-state index contributed by atoms with van der Waals surface area (Å²) in [5.41, 5.74) is 0.216. The van der Waals surface area contributed by atoms with Gasteiger partial charge in [-0.3, -0.25) is 10.1 Å². The van der Waals surface area contributed by atoms with Gasteiger partial charge in [0.25, 0.3) is 5.91 Å². The number of carbonyl (C=O) groups is 3. The fraction of sp³-hybridized carbons (Fsp3) is 0.263. The number of rotatable bonds is 6. The number of urea groups is 1. The monoisotopic (exact) mass is 455 g/mol. The zero-order chi connectivity index (χ0) is 23.1. The molecule has 0 saturated heterocycles. The van der Waals surface area contributed by atoms with E-state index in [1.165, 1.54) is 6.07 Å². The van der Waals surface area contributed by atoms with Crippen molar-refractivity contribution < 1.29 is 46.5 Å². The Morgan fingerprint density at radius 2 is 1.81 bits per heavy atom. The van der Waals surface area contributed by atoms with E-state index in [2.05, 4.69) is 15.0 Å². The first-order valence-corrected chi connectivity index (χ1v) is 9.03. The molecule has 32 heavy (non-hydrogen) atoms. The first-order chi connectivity index (χ1) is 15.2. The molecule has 13 heteroatoms. The summed E-state index contributed by atoms with van der Waals surface area (Å²) in [5.74, 6) is -1.25. The summed E-state index contributed by atoms with van der Waals surface area (Å²) < 4.78 is 56.2. The number of aromatic nitrogens is 1. The Morgan fingerprint density at radius 3 is 2.50 bits per heavy atom. The number of nitrogens with one attached hydrogen (secondary N) is 2. The Balaban J connectivity index is 1.43. The van der Waals surface area contributed by atoms with Gasteiger partial charge in [-0.2, -0.15) is 13.2 Å². The number of benzene rings is 1. The van der Waals surface area contributed by atoms with Crippen LogP contribution in [-0.4, -0.2) is 55.5 Å². The molecule has 3 amide bonds. The van der Waals surface area contributed by atoms with Gasteiger partial charge >= 0.3 is 18.2 Å². The van der Waals surface area contributed by atoms with Crippen LogP contribution >= 0.6 is 0 Å². The van der Waals surface area contributed by atoms with Gasteiger partial charge in [0.2, 0.25) is 5.88 Å². The number of anilines is 1. The second kappa shape index (κ2) is 9.85. The number of imide groups is 1. The standard InChI is InChI=1S/C19H16F3N3O7/c20-19(21,22)10-32-16-4-1-11(8-23-16)17(27)31-9-15(26)25-18(28)24-12-2-3-13-14(7-12)30-6-5-29-13/h1-4,7-8H,5-6,9-10H2,(H2,24,25,26,28). The number of esters is 1. The summed E-state index contributed by atoms with van der Waals surface area (Å²) in [6, 6.07) is 5.97. The lowest BCUT2D eigenvalue weighted by molar-refractivity contribution is -0.154. The predicted molar refractivity (Wildman–Crippen MR) is 101 cm³/mol. The van der Waals surface area contributed by atoms with Gasteiger partial charge in [-0.1, -0.05) is 0 Å². The summed E-state index contributed by atoms with van der Waals surface area (Å²) in [5, 5.41) is 4.39. The lowest BCUT2D eigenvalue weighted by atomic mass is 10.2. The van der Waals surface area contributed by atoms with E-state index < -0.39 is 37.3 Å². The third kappa shape index (κ3) is 6.75. The Morgan fingerprint density at radius 1 is 1.06 bits per heavy atom. The Bertz CT molecular complexity index is 997. The van der Waals surface area contributed by atoms with E-state index in [1.54, 1.807) is 12.1 Å². The number of hydrogen-bond acceptors (Lipinski definition) is 8. The molecule has 0 aliphatic carbocycles. The van der Waals surface area contributed by atoms with Gasteiger partial charge in [0, 0.05) is 24.0 Å². The van der Waals surface area contributed by atoms with Crippen LogP contribution in [0.1, 0.15) is 10.4 Å². The van der Waals surface area contributed by atoms with Crippen molar-refractivity contribution in [1.29, 1.82) is 0 Å². The van der Waals surface area contributed by atoms with Crippen LogP contribution in [-0.2, 0) is 9.53 Å². The summed E-state index contributed by atoms with van der Waals surface area (Å²) in [4.78, 5) is 39.2. The molecule has 0 unspecified atom stereocenters. The Kier molecular flexibility index (Phi) is 6.97. The molecule has 1 aliphatic rings. The largest absolute Gasteiger partial charge is 0.486 e. The molecular weight excluding hydrogens is 439 g/mol. The molecule has 0 bridgehead atoms. The minimum absolute atomic E-state index is 0.127. The molecule has 0 fully saturated rings. The summed E-state index contributed by atoms with van der Waals surface area (Å²) in [6.45, 7) is -1.52. The molecule has 3 rings (SSSR count). The van der Waals surface area contributed by atoms with Crippen LogP contribution in [0.4, 0.5) is 23.7 Å². The fourth-order valence-electron chi connectivity index (χ4n) is 2.40. The molecule has 1 aromatic heterocycles. The molecule has 2 aromatic rings. The van der Waals surface area contributed by atoms with Crippen LogP contribution in [0, 0.1) is 0 Å². The normalized spacial score (nSPS) is 12.5. The number of nitrogens with zero attached hydrogens (tertiary/aromatic N) is 1. The molecule has 1 aromatic carbocycles. The number of ether oxygens (including phenoxy) is 4. The second-order valence-electron chi connectivity index (χ2n) is 6.23. The third-order valence-corrected chi connectivity index (χ3v) is 3.74. The van der Waals surface area contributed by atoms with E-state index in [4.69, 9.17) is 14.2 Å². The number of pyridine rings is 1. The van der Waals surface area contributed by atoms with E-state index in [1.807, 2.05) is 5.32 Å². The quantitative estimate of drug-likeness (QED) is 0.636. The minimum Gasteiger partial charge on any atom is -0.486 e. The van der Waals surface area contributed by atoms with Crippen molar-refractivity contribution in [2.24, 2.45) is 0 Å². The van der Waals surface area contributed by atoms with Crippen LogP contribution in [0.15, 0.2) is 36.5 Å². The average Bonchev–Trinajstić information content (AvgIpc) is 2.75. The zero-order valence-electron chi connectivity index (χ0n) is 16.2. The molecular formula is C19H16F3N3O7. The first kappa shape index (κ1) is 22.7. The molecule has 2 heterocycles. The van der Waals surface area contributed by atoms with Crippen LogP contribution < -0.4 is 24.8 Å². The van der Waals surface area contributed by atoms with Crippen LogP contribution in [0.2, 0.25) is 0 Å². The maximum absolute atomic E-state index is 12.1. The number of fused-ring (bicyclic) bond motifs is 1. The minimum atomic E-state index is -4.53. The summed E-state index contributed by atoms with van der Waals surface area (Å²) in [6.07, 6.45) is -3.60. The molecule has 0 saturated carbocycles. The fourth-order valence-corrected chi connectivity index (χ4v) is 2.40. The van der Waals surface area contributed by atoms with Crippen molar-refractivity contribution in [2.75, 3.05) is 31.7 Å². The van der Waals surface area contributed by atoms with Gasteiger partial charge in [0.05, 0.1) is 5.56 Å².